The first-order valence-electron chi connectivity index (χ1n) is 9.03. The van der Waals surface area contributed by atoms with E-state index in [-0.39, 0.29) is 29.6 Å². The Hall–Kier alpha value is -2.26. The van der Waals surface area contributed by atoms with Crippen molar-refractivity contribution in [1.29, 1.82) is 0 Å². The van der Waals surface area contributed by atoms with Crippen LogP contribution in [0.3, 0.4) is 0 Å². The predicted molar refractivity (Wildman–Crippen MR) is 101 cm³/mol. The maximum absolute atomic E-state index is 12.9. The van der Waals surface area contributed by atoms with Gasteiger partial charge in [0.1, 0.15) is 0 Å². The van der Waals surface area contributed by atoms with Gasteiger partial charge in [-0.05, 0) is 31.4 Å². The molecular formula is C19H25N3O5S. The zero-order valence-corrected chi connectivity index (χ0v) is 17.2. The number of rotatable bonds is 4. The summed E-state index contributed by atoms with van der Waals surface area (Å²) in [4.78, 5) is 41.6. The largest absolute Gasteiger partial charge is 0.285 e. The fraction of sp³-hybridized carbons (Fsp3) is 0.526. The van der Waals surface area contributed by atoms with Crippen LogP contribution in [0.4, 0.5) is 0 Å². The summed E-state index contributed by atoms with van der Waals surface area (Å²) in [5.41, 5.74) is -0.515. The van der Waals surface area contributed by atoms with Crippen molar-refractivity contribution in [3.8, 4) is 0 Å². The first kappa shape index (κ1) is 20.5. The Morgan fingerprint density at radius 1 is 0.964 bits per heavy atom. The van der Waals surface area contributed by atoms with Crippen molar-refractivity contribution in [2.75, 3.05) is 7.05 Å². The molecule has 2 N–H and O–H groups in total. The zero-order valence-electron chi connectivity index (χ0n) is 16.4. The summed E-state index contributed by atoms with van der Waals surface area (Å²) in [7, 11) is -2.45. The lowest BCUT2D eigenvalue weighted by molar-refractivity contribution is -0.178. The maximum Gasteiger partial charge on any atom is 0.257 e. The van der Waals surface area contributed by atoms with Crippen LogP contribution in [0, 0.1) is 16.2 Å². The van der Waals surface area contributed by atoms with E-state index >= 15 is 0 Å². The number of carbonyl (C=O) groups excluding carboxylic acids is 3. The molecule has 0 radical (unpaired) electrons. The van der Waals surface area contributed by atoms with Gasteiger partial charge in [-0.1, -0.05) is 39.0 Å². The maximum atomic E-state index is 12.9. The first-order valence-corrected chi connectivity index (χ1v) is 10.5. The van der Waals surface area contributed by atoms with E-state index in [2.05, 4.69) is 10.3 Å². The minimum atomic E-state index is -3.92. The molecule has 0 spiro atoms. The number of nitrogens with one attached hydrogen (secondary N) is 2. The van der Waals surface area contributed by atoms with E-state index in [1.165, 1.54) is 19.2 Å². The molecule has 1 aromatic carbocycles. The molecule has 2 atom stereocenters. The van der Waals surface area contributed by atoms with Gasteiger partial charge >= 0.3 is 0 Å². The molecule has 28 heavy (non-hydrogen) atoms. The normalized spacial score (nSPS) is 32.9. The Morgan fingerprint density at radius 2 is 1.46 bits per heavy atom. The van der Waals surface area contributed by atoms with Gasteiger partial charge in [0.15, 0.2) is 0 Å². The van der Waals surface area contributed by atoms with Crippen molar-refractivity contribution < 1.29 is 22.8 Å². The van der Waals surface area contributed by atoms with Crippen LogP contribution in [0.2, 0.25) is 0 Å². The van der Waals surface area contributed by atoms with Crippen molar-refractivity contribution in [2.24, 2.45) is 16.2 Å². The summed E-state index contributed by atoms with van der Waals surface area (Å²) >= 11 is 0. The number of amides is 3. The molecule has 1 aliphatic heterocycles. The van der Waals surface area contributed by atoms with Gasteiger partial charge in [-0.3, -0.25) is 24.7 Å². The minimum Gasteiger partial charge on any atom is -0.285 e. The van der Waals surface area contributed by atoms with E-state index in [0.29, 0.717) is 6.42 Å². The standard InChI is InChI=1S/C19H25N3O5S/c1-17(14(23)20-21-28(26,27)13-8-6-5-7-9-13)10-18(2)12-19(3,11-17)16(25)22(4)15(18)24/h5-9,21H,10-12H2,1-4H3,(H,20,23). The van der Waals surface area contributed by atoms with Gasteiger partial charge in [0.25, 0.3) is 10.0 Å². The lowest BCUT2D eigenvalue weighted by Gasteiger charge is -2.55. The van der Waals surface area contributed by atoms with Crippen LogP contribution < -0.4 is 10.3 Å². The molecule has 1 aromatic rings. The number of nitrogens with zero attached hydrogens (tertiary/aromatic N) is 1. The van der Waals surface area contributed by atoms with E-state index in [4.69, 9.17) is 0 Å². The van der Waals surface area contributed by atoms with E-state index < -0.39 is 32.2 Å². The van der Waals surface area contributed by atoms with Crippen molar-refractivity contribution >= 4 is 27.7 Å². The van der Waals surface area contributed by atoms with Gasteiger partial charge in [0, 0.05) is 23.3 Å². The monoisotopic (exact) mass is 407 g/mol. The molecule has 152 valence electrons. The van der Waals surface area contributed by atoms with Crippen molar-refractivity contribution in [2.45, 2.75) is 44.9 Å². The molecule has 2 bridgehead atoms. The number of sulfonamides is 1. The molecule has 1 saturated carbocycles. The third-order valence-corrected chi connectivity index (χ3v) is 7.15. The first-order chi connectivity index (χ1) is 12.8. The average molecular weight is 407 g/mol. The Bertz CT molecular complexity index is 916. The topological polar surface area (TPSA) is 113 Å². The second-order valence-corrected chi connectivity index (χ2v) is 10.4. The van der Waals surface area contributed by atoms with Crippen molar-refractivity contribution in [3.63, 3.8) is 0 Å². The van der Waals surface area contributed by atoms with Crippen LogP contribution in [0.1, 0.15) is 40.0 Å². The SMILES string of the molecule is CN1C(=O)C2(C)CC(C)(C(=O)NNS(=O)(=O)c3ccccc3)CC(C)(C2)C1=O. The molecule has 1 saturated heterocycles. The van der Waals surface area contributed by atoms with Crippen LogP contribution in [0.25, 0.3) is 0 Å². The van der Waals surface area contributed by atoms with Gasteiger partial charge in [-0.15, -0.1) is 4.83 Å². The molecule has 2 aliphatic rings. The van der Waals surface area contributed by atoms with Crippen LogP contribution >= 0.6 is 0 Å². The van der Waals surface area contributed by atoms with Gasteiger partial charge in [0.05, 0.1) is 4.90 Å². The zero-order chi connectivity index (χ0) is 21.0. The molecule has 9 heteroatoms. The second-order valence-electron chi connectivity index (χ2n) is 8.75. The summed E-state index contributed by atoms with van der Waals surface area (Å²) in [5.74, 6) is -1.17. The summed E-state index contributed by atoms with van der Waals surface area (Å²) in [5, 5.41) is 0. The van der Waals surface area contributed by atoms with E-state index in [0.717, 1.165) is 4.90 Å². The molecular weight excluding hydrogens is 382 g/mol. The van der Waals surface area contributed by atoms with Gasteiger partial charge in [-0.25, -0.2) is 8.42 Å². The molecule has 3 rings (SSSR count). The highest BCUT2D eigenvalue weighted by Gasteiger charge is 2.62. The van der Waals surface area contributed by atoms with Crippen LogP contribution in [-0.2, 0) is 24.4 Å². The number of carbonyl (C=O) groups is 3. The van der Waals surface area contributed by atoms with Crippen molar-refractivity contribution in [3.05, 3.63) is 30.3 Å². The van der Waals surface area contributed by atoms with Crippen LogP contribution in [0.5, 0.6) is 0 Å². The second kappa shape index (κ2) is 6.38. The number of benzene rings is 1. The third kappa shape index (κ3) is 3.22. The highest BCUT2D eigenvalue weighted by Crippen LogP contribution is 2.58. The lowest BCUT2D eigenvalue weighted by atomic mass is 9.51. The Labute approximate surface area is 164 Å². The van der Waals surface area contributed by atoms with Gasteiger partial charge in [0.2, 0.25) is 17.7 Å². The molecule has 1 heterocycles. The van der Waals surface area contributed by atoms with E-state index in [9.17, 15) is 22.8 Å². The Balaban J connectivity index is 1.82. The number of piperidine rings is 1. The molecule has 0 aromatic heterocycles. The van der Waals surface area contributed by atoms with Crippen LogP contribution in [-0.4, -0.2) is 38.1 Å². The fourth-order valence-electron chi connectivity index (χ4n) is 5.06. The highest BCUT2D eigenvalue weighted by atomic mass is 32.2. The third-order valence-electron chi connectivity index (χ3n) is 5.88. The number of hydrogen-bond donors (Lipinski definition) is 2. The minimum absolute atomic E-state index is 0.0203. The summed E-state index contributed by atoms with van der Waals surface area (Å²) < 4.78 is 24.7. The molecule has 1 aliphatic carbocycles. The molecule has 2 unspecified atom stereocenters. The van der Waals surface area contributed by atoms with Gasteiger partial charge < -0.3 is 0 Å². The predicted octanol–water partition coefficient (Wildman–Crippen LogP) is 1.20. The molecule has 8 nitrogen and oxygen atoms in total. The number of likely N-dealkylation sites (tertiary alicyclic amines) is 1. The molecule has 2 fully saturated rings. The smallest absolute Gasteiger partial charge is 0.257 e. The number of fused-ring (bicyclic) bond motifs is 2. The fourth-order valence-corrected chi connectivity index (χ4v) is 5.92. The van der Waals surface area contributed by atoms with Crippen molar-refractivity contribution in [1.82, 2.24) is 15.2 Å². The van der Waals surface area contributed by atoms with Crippen LogP contribution in [0.15, 0.2) is 35.2 Å². The number of hydrogen-bond acceptors (Lipinski definition) is 5. The summed E-state index contributed by atoms with van der Waals surface area (Å²) in [6, 6.07) is 7.67. The quantitative estimate of drug-likeness (QED) is 0.575. The highest BCUT2D eigenvalue weighted by molar-refractivity contribution is 7.89. The summed E-state index contributed by atoms with van der Waals surface area (Å²) in [6.07, 6.45) is 0.830. The number of imide groups is 1. The average Bonchev–Trinajstić information content (AvgIpc) is 2.63. The molecule has 3 amide bonds. The Kier molecular flexibility index (Phi) is 4.67. The number of hydrazine groups is 1. The van der Waals surface area contributed by atoms with E-state index in [1.807, 2.05) is 0 Å². The summed E-state index contributed by atoms with van der Waals surface area (Å²) in [6.45, 7) is 5.19. The van der Waals surface area contributed by atoms with E-state index in [1.54, 1.807) is 39.0 Å². The van der Waals surface area contributed by atoms with Gasteiger partial charge in [-0.2, -0.15) is 0 Å². The lowest BCUT2D eigenvalue weighted by Crippen LogP contribution is -2.64. The Morgan fingerprint density at radius 3 is 1.96 bits per heavy atom.